The molecule has 1 heterocycles. The Morgan fingerprint density at radius 3 is 3.08 bits per heavy atom. The molecule has 1 N–H and O–H groups in total. The first-order chi connectivity index (χ1) is 6.43. The summed E-state index contributed by atoms with van der Waals surface area (Å²) in [6, 6.07) is 0. The highest BCUT2D eigenvalue weighted by Crippen LogP contribution is 2.14. The smallest absolute Gasteiger partial charge is 0.0588 e. The zero-order valence-corrected chi connectivity index (χ0v) is 8.72. The predicted octanol–water partition coefficient (Wildman–Crippen LogP) is 1.94. The first-order valence-corrected chi connectivity index (χ1v) is 5.50. The van der Waals surface area contributed by atoms with Gasteiger partial charge in [0, 0.05) is 19.0 Å². The van der Waals surface area contributed by atoms with Gasteiger partial charge in [0.2, 0.25) is 0 Å². The van der Waals surface area contributed by atoms with Crippen LogP contribution in [0.3, 0.4) is 0 Å². The maximum Gasteiger partial charge on any atom is 0.0588 e. The molecule has 1 aliphatic rings. The fourth-order valence-electron chi connectivity index (χ4n) is 1.47. The summed E-state index contributed by atoms with van der Waals surface area (Å²) in [6.45, 7) is 2.91. The SMILES string of the molecule is ClC/C=C/CNCCC1CCCO1. The Kier molecular flexibility index (Phi) is 6.25. The second kappa shape index (κ2) is 7.36. The minimum absolute atomic E-state index is 0.504. The maximum atomic E-state index is 5.50. The van der Waals surface area contributed by atoms with Crippen LogP contribution in [-0.2, 0) is 4.74 Å². The molecule has 0 aromatic rings. The van der Waals surface area contributed by atoms with Gasteiger partial charge in [0.15, 0.2) is 0 Å². The van der Waals surface area contributed by atoms with Crippen molar-refractivity contribution in [3.05, 3.63) is 12.2 Å². The molecule has 1 aliphatic heterocycles. The first-order valence-electron chi connectivity index (χ1n) is 4.97. The summed E-state index contributed by atoms with van der Waals surface area (Å²) in [5.41, 5.74) is 0. The molecule has 76 valence electrons. The zero-order chi connectivity index (χ0) is 9.36. The van der Waals surface area contributed by atoms with E-state index in [0.29, 0.717) is 12.0 Å². The molecule has 0 bridgehead atoms. The molecule has 0 saturated carbocycles. The molecular formula is C10H18ClNO. The molecule has 0 aliphatic carbocycles. The van der Waals surface area contributed by atoms with E-state index in [1.165, 1.54) is 12.8 Å². The third-order valence-electron chi connectivity index (χ3n) is 2.19. The van der Waals surface area contributed by atoms with E-state index in [1.54, 1.807) is 0 Å². The normalized spacial score (nSPS) is 23.0. The largest absolute Gasteiger partial charge is 0.378 e. The number of rotatable bonds is 6. The minimum atomic E-state index is 0.504. The van der Waals surface area contributed by atoms with Gasteiger partial charge in [-0.25, -0.2) is 0 Å². The molecule has 0 aromatic heterocycles. The van der Waals surface area contributed by atoms with Gasteiger partial charge in [-0.15, -0.1) is 11.6 Å². The fourth-order valence-corrected chi connectivity index (χ4v) is 1.59. The van der Waals surface area contributed by atoms with Gasteiger partial charge in [-0.1, -0.05) is 12.2 Å². The van der Waals surface area contributed by atoms with Crippen molar-refractivity contribution in [1.82, 2.24) is 5.32 Å². The second-order valence-electron chi connectivity index (χ2n) is 3.25. The molecule has 0 aromatic carbocycles. The fraction of sp³-hybridized carbons (Fsp3) is 0.800. The van der Waals surface area contributed by atoms with Crippen LogP contribution in [0.15, 0.2) is 12.2 Å². The van der Waals surface area contributed by atoms with Crippen LogP contribution in [-0.4, -0.2) is 31.7 Å². The van der Waals surface area contributed by atoms with E-state index in [4.69, 9.17) is 16.3 Å². The van der Waals surface area contributed by atoms with E-state index in [0.717, 1.165) is 26.1 Å². The van der Waals surface area contributed by atoms with Gasteiger partial charge in [0.1, 0.15) is 0 Å². The summed E-state index contributed by atoms with van der Waals surface area (Å²) in [6.07, 6.45) is 8.12. The minimum Gasteiger partial charge on any atom is -0.378 e. The Morgan fingerprint density at radius 2 is 2.38 bits per heavy atom. The topological polar surface area (TPSA) is 21.3 Å². The lowest BCUT2D eigenvalue weighted by atomic mass is 10.2. The van der Waals surface area contributed by atoms with Crippen molar-refractivity contribution in [3.8, 4) is 0 Å². The number of halogens is 1. The number of hydrogen-bond acceptors (Lipinski definition) is 2. The van der Waals surface area contributed by atoms with Crippen molar-refractivity contribution in [1.29, 1.82) is 0 Å². The Balaban J connectivity index is 1.86. The van der Waals surface area contributed by atoms with Crippen LogP contribution >= 0.6 is 11.6 Å². The van der Waals surface area contributed by atoms with Crippen molar-refractivity contribution in [3.63, 3.8) is 0 Å². The Hall–Kier alpha value is -0.0500. The molecule has 13 heavy (non-hydrogen) atoms. The van der Waals surface area contributed by atoms with Crippen molar-refractivity contribution in [2.45, 2.75) is 25.4 Å². The molecule has 3 heteroatoms. The average molecular weight is 204 g/mol. The number of ether oxygens (including phenoxy) is 1. The number of allylic oxidation sites excluding steroid dienone is 1. The van der Waals surface area contributed by atoms with E-state index in [1.807, 2.05) is 6.08 Å². The molecule has 2 nitrogen and oxygen atoms in total. The van der Waals surface area contributed by atoms with Gasteiger partial charge >= 0.3 is 0 Å². The summed E-state index contributed by atoms with van der Waals surface area (Å²) in [7, 11) is 0. The van der Waals surface area contributed by atoms with E-state index < -0.39 is 0 Å². The van der Waals surface area contributed by atoms with Gasteiger partial charge in [-0.2, -0.15) is 0 Å². The van der Waals surface area contributed by atoms with Gasteiger partial charge in [0.05, 0.1) is 6.10 Å². The van der Waals surface area contributed by atoms with Crippen molar-refractivity contribution in [2.75, 3.05) is 25.6 Å². The lowest BCUT2D eigenvalue weighted by Crippen LogP contribution is -2.20. The van der Waals surface area contributed by atoms with Gasteiger partial charge < -0.3 is 10.1 Å². The van der Waals surface area contributed by atoms with E-state index in [-0.39, 0.29) is 0 Å². The molecule has 0 amide bonds. The average Bonchev–Trinajstić information content (AvgIpc) is 2.63. The predicted molar refractivity (Wildman–Crippen MR) is 56.3 cm³/mol. The van der Waals surface area contributed by atoms with Crippen molar-refractivity contribution >= 4 is 11.6 Å². The Labute approximate surface area is 85.3 Å². The second-order valence-corrected chi connectivity index (χ2v) is 3.56. The number of nitrogens with one attached hydrogen (secondary N) is 1. The van der Waals surface area contributed by atoms with Crippen LogP contribution in [0.5, 0.6) is 0 Å². The van der Waals surface area contributed by atoms with Crippen molar-refractivity contribution < 1.29 is 4.74 Å². The molecule has 1 rings (SSSR count). The third kappa shape index (κ3) is 5.29. The number of hydrogen-bond donors (Lipinski definition) is 1. The monoisotopic (exact) mass is 203 g/mol. The highest BCUT2D eigenvalue weighted by Gasteiger charge is 2.13. The standard InChI is InChI=1S/C10H18ClNO/c11-6-1-2-7-12-8-5-10-4-3-9-13-10/h1-2,10,12H,3-9H2/b2-1+. The Morgan fingerprint density at radius 1 is 1.46 bits per heavy atom. The summed E-state index contributed by atoms with van der Waals surface area (Å²) in [5.74, 6) is 0.605. The zero-order valence-electron chi connectivity index (χ0n) is 7.97. The summed E-state index contributed by atoms with van der Waals surface area (Å²) < 4.78 is 5.50. The molecule has 0 radical (unpaired) electrons. The van der Waals surface area contributed by atoms with Crippen LogP contribution in [0, 0.1) is 0 Å². The molecular weight excluding hydrogens is 186 g/mol. The third-order valence-corrected chi connectivity index (χ3v) is 2.36. The lowest BCUT2D eigenvalue weighted by Gasteiger charge is -2.08. The Bertz CT molecular complexity index is 144. The van der Waals surface area contributed by atoms with Crippen LogP contribution < -0.4 is 5.32 Å². The van der Waals surface area contributed by atoms with Crippen LogP contribution in [0.2, 0.25) is 0 Å². The molecule has 1 atom stereocenters. The van der Waals surface area contributed by atoms with Gasteiger partial charge in [0.25, 0.3) is 0 Å². The molecule has 1 unspecified atom stereocenters. The molecule has 1 fully saturated rings. The summed E-state index contributed by atoms with van der Waals surface area (Å²) in [4.78, 5) is 0. The summed E-state index contributed by atoms with van der Waals surface area (Å²) >= 11 is 5.48. The summed E-state index contributed by atoms with van der Waals surface area (Å²) in [5, 5.41) is 3.32. The quantitative estimate of drug-likeness (QED) is 0.405. The van der Waals surface area contributed by atoms with Crippen molar-refractivity contribution in [2.24, 2.45) is 0 Å². The van der Waals surface area contributed by atoms with Crippen LogP contribution in [0.1, 0.15) is 19.3 Å². The number of alkyl halides is 1. The lowest BCUT2D eigenvalue weighted by molar-refractivity contribution is 0.104. The molecule has 0 spiro atoms. The van der Waals surface area contributed by atoms with Crippen LogP contribution in [0.25, 0.3) is 0 Å². The highest BCUT2D eigenvalue weighted by atomic mass is 35.5. The first kappa shape index (κ1) is 11.0. The van der Waals surface area contributed by atoms with E-state index in [9.17, 15) is 0 Å². The van der Waals surface area contributed by atoms with Gasteiger partial charge in [-0.3, -0.25) is 0 Å². The highest BCUT2D eigenvalue weighted by molar-refractivity contribution is 6.18. The maximum absolute atomic E-state index is 5.50. The van der Waals surface area contributed by atoms with Crippen LogP contribution in [0.4, 0.5) is 0 Å². The van der Waals surface area contributed by atoms with E-state index >= 15 is 0 Å². The van der Waals surface area contributed by atoms with Gasteiger partial charge in [-0.05, 0) is 25.8 Å². The molecule has 1 saturated heterocycles. The van der Waals surface area contributed by atoms with E-state index in [2.05, 4.69) is 11.4 Å².